The quantitative estimate of drug-likeness (QED) is 0.778. The van der Waals surface area contributed by atoms with Gasteiger partial charge in [0.05, 0.1) is 28.9 Å². The van der Waals surface area contributed by atoms with Gasteiger partial charge in [0, 0.05) is 18.7 Å². The van der Waals surface area contributed by atoms with Gasteiger partial charge in [0.2, 0.25) is 5.91 Å². The number of carbonyl (C=O) groups excluding carboxylic acids is 1. The minimum atomic E-state index is -0.156. The van der Waals surface area contributed by atoms with Gasteiger partial charge in [-0.1, -0.05) is 18.2 Å². The van der Waals surface area contributed by atoms with Crippen LogP contribution in [0.1, 0.15) is 18.4 Å². The van der Waals surface area contributed by atoms with E-state index < -0.39 is 0 Å². The van der Waals surface area contributed by atoms with Crippen molar-refractivity contribution in [1.29, 1.82) is 5.26 Å². The molecule has 0 saturated heterocycles. The minimum absolute atomic E-state index is 0.104. The van der Waals surface area contributed by atoms with E-state index in [0.717, 1.165) is 0 Å². The fourth-order valence-electron chi connectivity index (χ4n) is 2.57. The third kappa shape index (κ3) is 3.90. The number of rotatable bonds is 5. The van der Waals surface area contributed by atoms with E-state index in [1.54, 1.807) is 42.5 Å². The lowest BCUT2D eigenvalue weighted by molar-refractivity contribution is -0.116. The first-order valence-corrected chi connectivity index (χ1v) is 7.91. The lowest BCUT2D eigenvalue weighted by Crippen LogP contribution is -2.21. The number of aromatic nitrogens is 2. The molecule has 0 aliphatic carbocycles. The molecule has 124 valence electrons. The van der Waals surface area contributed by atoms with Gasteiger partial charge in [-0.15, -0.1) is 0 Å². The van der Waals surface area contributed by atoms with E-state index in [0.29, 0.717) is 35.1 Å². The molecule has 0 bridgehead atoms. The summed E-state index contributed by atoms with van der Waals surface area (Å²) in [6, 6.07) is 16.0. The lowest BCUT2D eigenvalue weighted by atomic mass is 10.2. The predicted molar refractivity (Wildman–Crippen MR) is 95.0 cm³/mol. The first-order chi connectivity index (χ1) is 12.2. The molecule has 1 heterocycles. The Kier molecular flexibility index (Phi) is 4.86. The maximum Gasteiger partial charge on any atom is 0.261 e. The smallest absolute Gasteiger partial charge is 0.261 e. The second-order valence-corrected chi connectivity index (χ2v) is 5.60. The van der Waals surface area contributed by atoms with Gasteiger partial charge < -0.3 is 5.32 Å². The van der Waals surface area contributed by atoms with Gasteiger partial charge in [0.15, 0.2) is 0 Å². The number of benzene rings is 2. The van der Waals surface area contributed by atoms with E-state index >= 15 is 0 Å². The van der Waals surface area contributed by atoms with Gasteiger partial charge in [0.1, 0.15) is 0 Å². The van der Waals surface area contributed by atoms with Crippen LogP contribution in [0, 0.1) is 11.3 Å². The van der Waals surface area contributed by atoms with E-state index in [-0.39, 0.29) is 17.9 Å². The first kappa shape index (κ1) is 16.4. The monoisotopic (exact) mass is 332 g/mol. The van der Waals surface area contributed by atoms with Crippen molar-refractivity contribution < 1.29 is 4.79 Å². The van der Waals surface area contributed by atoms with Gasteiger partial charge in [-0.2, -0.15) is 5.26 Å². The molecule has 25 heavy (non-hydrogen) atoms. The molecule has 1 aromatic heterocycles. The Balaban J connectivity index is 1.59. The number of carbonyl (C=O) groups is 1. The van der Waals surface area contributed by atoms with Gasteiger partial charge in [-0.3, -0.25) is 14.2 Å². The summed E-state index contributed by atoms with van der Waals surface area (Å²) in [4.78, 5) is 28.6. The molecule has 0 atom stereocenters. The Bertz CT molecular complexity index is 1020. The zero-order valence-electron chi connectivity index (χ0n) is 13.5. The van der Waals surface area contributed by atoms with E-state index in [1.807, 2.05) is 12.1 Å². The molecular formula is C19H16N4O2. The largest absolute Gasteiger partial charge is 0.326 e. The SMILES string of the molecule is N#Cc1cccc(NC(=O)CCCn2cnc3ccccc3c2=O)c1. The number of para-hydroxylation sites is 1. The molecule has 6 nitrogen and oxygen atoms in total. The van der Waals surface area contributed by atoms with Crippen LogP contribution in [0.5, 0.6) is 0 Å². The van der Waals surface area contributed by atoms with Gasteiger partial charge in [-0.05, 0) is 36.8 Å². The van der Waals surface area contributed by atoms with Gasteiger partial charge in [0.25, 0.3) is 5.56 Å². The van der Waals surface area contributed by atoms with Crippen LogP contribution in [0.2, 0.25) is 0 Å². The van der Waals surface area contributed by atoms with Crippen molar-refractivity contribution >= 4 is 22.5 Å². The third-order valence-electron chi connectivity index (χ3n) is 3.81. The molecule has 3 aromatic rings. The number of nitrogens with zero attached hydrogens (tertiary/aromatic N) is 3. The van der Waals surface area contributed by atoms with Crippen LogP contribution in [-0.2, 0) is 11.3 Å². The Morgan fingerprint density at radius 2 is 2.04 bits per heavy atom. The maximum absolute atomic E-state index is 12.4. The van der Waals surface area contributed by atoms with E-state index in [4.69, 9.17) is 5.26 Å². The van der Waals surface area contributed by atoms with Crippen LogP contribution in [0.4, 0.5) is 5.69 Å². The topological polar surface area (TPSA) is 87.8 Å². The van der Waals surface area contributed by atoms with Crippen molar-refractivity contribution in [3.8, 4) is 6.07 Å². The number of fused-ring (bicyclic) bond motifs is 1. The number of aryl methyl sites for hydroxylation is 1. The normalized spacial score (nSPS) is 10.4. The molecule has 0 fully saturated rings. The minimum Gasteiger partial charge on any atom is -0.326 e. The van der Waals surface area contributed by atoms with Gasteiger partial charge >= 0.3 is 0 Å². The Labute approximate surface area is 144 Å². The molecule has 6 heteroatoms. The van der Waals surface area contributed by atoms with E-state index in [1.165, 1.54) is 10.9 Å². The molecule has 0 aliphatic heterocycles. The zero-order chi connectivity index (χ0) is 17.6. The van der Waals surface area contributed by atoms with E-state index in [2.05, 4.69) is 10.3 Å². The van der Waals surface area contributed by atoms with Crippen molar-refractivity contribution in [3.63, 3.8) is 0 Å². The van der Waals surface area contributed by atoms with Crippen molar-refractivity contribution in [3.05, 3.63) is 70.8 Å². The summed E-state index contributed by atoms with van der Waals surface area (Å²) in [5.41, 5.74) is 1.65. The molecule has 1 N–H and O–H groups in total. The summed E-state index contributed by atoms with van der Waals surface area (Å²) in [5, 5.41) is 12.2. The number of hydrogen-bond donors (Lipinski definition) is 1. The van der Waals surface area contributed by atoms with E-state index in [9.17, 15) is 9.59 Å². The zero-order valence-corrected chi connectivity index (χ0v) is 13.5. The molecule has 0 unspecified atom stereocenters. The molecule has 3 rings (SSSR count). The highest BCUT2D eigenvalue weighted by molar-refractivity contribution is 5.90. The highest BCUT2D eigenvalue weighted by atomic mass is 16.1. The highest BCUT2D eigenvalue weighted by Crippen LogP contribution is 2.10. The molecule has 2 aromatic carbocycles. The Morgan fingerprint density at radius 3 is 2.88 bits per heavy atom. The molecule has 0 radical (unpaired) electrons. The third-order valence-corrected chi connectivity index (χ3v) is 3.81. The van der Waals surface area contributed by atoms with Crippen LogP contribution < -0.4 is 10.9 Å². The molecule has 1 amide bonds. The van der Waals surface area contributed by atoms with Crippen LogP contribution in [0.3, 0.4) is 0 Å². The molecule has 0 aliphatic rings. The fourth-order valence-corrected chi connectivity index (χ4v) is 2.57. The molecule has 0 spiro atoms. The number of hydrogen-bond acceptors (Lipinski definition) is 4. The van der Waals surface area contributed by atoms with Crippen LogP contribution >= 0.6 is 0 Å². The molecular weight excluding hydrogens is 316 g/mol. The number of nitrogens with one attached hydrogen (secondary N) is 1. The summed E-state index contributed by atoms with van der Waals surface area (Å²) in [6.07, 6.45) is 2.30. The number of anilines is 1. The summed E-state index contributed by atoms with van der Waals surface area (Å²) < 4.78 is 1.52. The molecule has 0 saturated carbocycles. The second-order valence-electron chi connectivity index (χ2n) is 5.60. The Morgan fingerprint density at radius 1 is 1.20 bits per heavy atom. The lowest BCUT2D eigenvalue weighted by Gasteiger charge is -2.07. The average Bonchev–Trinajstić information content (AvgIpc) is 2.64. The fraction of sp³-hybridized carbons (Fsp3) is 0.158. The van der Waals surface area contributed by atoms with Gasteiger partial charge in [-0.25, -0.2) is 4.98 Å². The van der Waals surface area contributed by atoms with Crippen LogP contribution in [0.25, 0.3) is 10.9 Å². The standard InChI is InChI=1S/C19H16N4O2/c20-12-14-5-3-6-15(11-14)22-18(24)9-4-10-23-13-21-17-8-2-1-7-16(17)19(23)25/h1-3,5-8,11,13H,4,9-10H2,(H,22,24). The van der Waals surface area contributed by atoms with Crippen LogP contribution in [-0.4, -0.2) is 15.5 Å². The van der Waals surface area contributed by atoms with Crippen molar-refractivity contribution in [2.45, 2.75) is 19.4 Å². The summed E-state index contributed by atoms with van der Waals surface area (Å²) in [5.74, 6) is -0.156. The summed E-state index contributed by atoms with van der Waals surface area (Å²) in [7, 11) is 0. The van der Waals surface area contributed by atoms with Crippen molar-refractivity contribution in [1.82, 2.24) is 9.55 Å². The van der Waals surface area contributed by atoms with Crippen molar-refractivity contribution in [2.75, 3.05) is 5.32 Å². The predicted octanol–water partition coefficient (Wildman–Crippen LogP) is 2.69. The second kappa shape index (κ2) is 7.41. The first-order valence-electron chi connectivity index (χ1n) is 7.91. The Hall–Kier alpha value is -3.46. The summed E-state index contributed by atoms with van der Waals surface area (Å²) in [6.45, 7) is 0.419. The van der Waals surface area contributed by atoms with Crippen molar-refractivity contribution in [2.24, 2.45) is 0 Å². The van der Waals surface area contributed by atoms with Crippen LogP contribution in [0.15, 0.2) is 59.7 Å². The number of amides is 1. The maximum atomic E-state index is 12.4. The highest BCUT2D eigenvalue weighted by Gasteiger charge is 2.06. The average molecular weight is 332 g/mol. The number of nitriles is 1. The summed E-state index contributed by atoms with van der Waals surface area (Å²) >= 11 is 0.